The fraction of sp³-hybridized carbons (Fsp3) is 0.593. The molecule has 1 rings (SSSR count). The number of halogens is 3. The summed E-state index contributed by atoms with van der Waals surface area (Å²) in [5.41, 5.74) is -0.0692. The van der Waals surface area contributed by atoms with E-state index in [1.165, 1.54) is 37.3 Å². The van der Waals surface area contributed by atoms with Crippen LogP contribution in [-0.4, -0.2) is 39.2 Å². The highest BCUT2D eigenvalue weighted by Gasteiger charge is 2.39. The van der Waals surface area contributed by atoms with Crippen molar-refractivity contribution in [2.45, 2.75) is 85.9 Å². The Hall–Kier alpha value is -2.26. The number of aryl methyl sites for hydroxylation is 1. The van der Waals surface area contributed by atoms with Crippen molar-refractivity contribution in [1.29, 1.82) is 0 Å². The molecule has 0 spiro atoms. The second kappa shape index (κ2) is 13.9. The predicted octanol–water partition coefficient (Wildman–Crippen LogP) is 7.16. The minimum absolute atomic E-state index is 0.169. The van der Waals surface area contributed by atoms with E-state index >= 15 is 0 Å². The maximum absolute atomic E-state index is 13.5. The molecule has 1 heterocycles. The standard InChI is InChI=1S/C27H38F3NO4S/c1-17(13-19(3)25(35)26(5,6)23(32)15-24(33)34)9-7-11-21(27(28,29)30)12-8-10-18(2)14-22-16-36-20(4)31-22/h7,9,12,14,16-17,19,23,32H,8,10-11,13,15H2,1-6H3,(H,33,34)/b9-7+,18-14+,21-12+. The van der Waals surface area contributed by atoms with Gasteiger partial charge in [0.1, 0.15) is 5.78 Å². The van der Waals surface area contributed by atoms with E-state index < -0.39 is 41.6 Å². The van der Waals surface area contributed by atoms with E-state index in [0.29, 0.717) is 12.8 Å². The molecule has 0 aliphatic rings. The van der Waals surface area contributed by atoms with Crippen molar-refractivity contribution in [2.24, 2.45) is 17.3 Å². The fourth-order valence-electron chi connectivity index (χ4n) is 3.95. The molecular formula is C27H38F3NO4S. The number of rotatable bonds is 14. The second-order valence-corrected chi connectivity index (χ2v) is 11.1. The average molecular weight is 530 g/mol. The molecule has 5 nitrogen and oxygen atoms in total. The number of carbonyl (C=O) groups excluding carboxylic acids is 1. The highest BCUT2D eigenvalue weighted by Crippen LogP contribution is 2.32. The number of carbonyl (C=O) groups is 2. The summed E-state index contributed by atoms with van der Waals surface area (Å²) in [5, 5.41) is 21.9. The van der Waals surface area contributed by atoms with Gasteiger partial charge in [-0.15, -0.1) is 11.3 Å². The zero-order valence-electron chi connectivity index (χ0n) is 21.9. The quantitative estimate of drug-likeness (QED) is 0.250. The number of alkyl halides is 3. The SMILES string of the molecule is C/C(=C\c1csc(C)n1)CC/C=C(\C/C=C/C(C)CC(C)C(=O)C(C)(C)C(O)CC(=O)O)C(F)(F)F. The van der Waals surface area contributed by atoms with E-state index in [0.717, 1.165) is 16.3 Å². The molecule has 0 saturated carbocycles. The first-order valence-corrected chi connectivity index (χ1v) is 12.9. The topological polar surface area (TPSA) is 87.5 Å². The lowest BCUT2D eigenvalue weighted by molar-refractivity contribution is -0.145. The first-order chi connectivity index (χ1) is 16.5. The van der Waals surface area contributed by atoms with Crippen LogP contribution in [0.15, 0.2) is 34.8 Å². The van der Waals surface area contributed by atoms with Crippen molar-refractivity contribution in [1.82, 2.24) is 4.98 Å². The van der Waals surface area contributed by atoms with E-state index in [-0.39, 0.29) is 24.5 Å². The van der Waals surface area contributed by atoms with Gasteiger partial charge in [0.05, 0.1) is 28.6 Å². The van der Waals surface area contributed by atoms with E-state index in [2.05, 4.69) is 4.98 Å². The number of hydrogen-bond donors (Lipinski definition) is 2. The molecule has 0 saturated heterocycles. The molecule has 2 N–H and O–H groups in total. The zero-order valence-corrected chi connectivity index (χ0v) is 22.7. The summed E-state index contributed by atoms with van der Waals surface area (Å²) in [6.07, 6.45) is 0.872. The Kier molecular flexibility index (Phi) is 12.3. The molecular weight excluding hydrogens is 491 g/mol. The molecule has 0 fully saturated rings. The number of thiazole rings is 1. The lowest BCUT2D eigenvalue weighted by Crippen LogP contribution is -2.41. The van der Waals surface area contributed by atoms with Crippen molar-refractivity contribution in [3.05, 3.63) is 45.5 Å². The maximum Gasteiger partial charge on any atom is 0.412 e. The fourth-order valence-corrected chi connectivity index (χ4v) is 4.52. The zero-order chi connectivity index (χ0) is 27.7. The van der Waals surface area contributed by atoms with Gasteiger partial charge < -0.3 is 10.2 Å². The molecule has 0 aliphatic heterocycles. The van der Waals surface area contributed by atoms with Gasteiger partial charge >= 0.3 is 12.1 Å². The number of carboxylic acids is 1. The molecule has 202 valence electrons. The summed E-state index contributed by atoms with van der Waals surface area (Å²) >= 11 is 1.52. The Morgan fingerprint density at radius 3 is 2.39 bits per heavy atom. The van der Waals surface area contributed by atoms with Crippen LogP contribution < -0.4 is 0 Å². The van der Waals surface area contributed by atoms with Gasteiger partial charge in [-0.25, -0.2) is 4.98 Å². The normalized spacial score (nSPS) is 16.3. The van der Waals surface area contributed by atoms with Gasteiger partial charge in [-0.3, -0.25) is 9.59 Å². The van der Waals surface area contributed by atoms with Crippen LogP contribution in [0.2, 0.25) is 0 Å². The van der Waals surface area contributed by atoms with Gasteiger partial charge in [-0.1, -0.05) is 51.5 Å². The van der Waals surface area contributed by atoms with Crippen LogP contribution in [0.1, 0.15) is 77.4 Å². The minimum atomic E-state index is -4.43. The Morgan fingerprint density at radius 2 is 1.86 bits per heavy atom. The number of allylic oxidation sites excluding steroid dienone is 5. The summed E-state index contributed by atoms with van der Waals surface area (Å²) in [5.74, 6) is -2.13. The first-order valence-electron chi connectivity index (χ1n) is 12.0. The third-order valence-electron chi connectivity index (χ3n) is 6.14. The number of ketones is 1. The van der Waals surface area contributed by atoms with Crippen molar-refractivity contribution in [3.8, 4) is 0 Å². The number of aromatic nitrogens is 1. The second-order valence-electron chi connectivity index (χ2n) is 9.99. The van der Waals surface area contributed by atoms with Gasteiger partial charge in [0.2, 0.25) is 0 Å². The van der Waals surface area contributed by atoms with Crippen molar-refractivity contribution >= 4 is 29.2 Å². The van der Waals surface area contributed by atoms with Crippen LogP contribution in [-0.2, 0) is 9.59 Å². The molecule has 0 aliphatic carbocycles. The molecule has 0 aromatic carbocycles. The Balaban J connectivity index is 2.70. The lowest BCUT2D eigenvalue weighted by atomic mass is 9.74. The van der Waals surface area contributed by atoms with E-state index in [1.54, 1.807) is 13.0 Å². The number of carboxylic acid groups (broad SMARTS) is 1. The third kappa shape index (κ3) is 10.8. The molecule has 9 heteroatoms. The monoisotopic (exact) mass is 529 g/mol. The van der Waals surface area contributed by atoms with Gasteiger partial charge in [-0.2, -0.15) is 13.2 Å². The molecule has 0 amide bonds. The first kappa shape index (κ1) is 31.8. The summed E-state index contributed by atoms with van der Waals surface area (Å²) in [7, 11) is 0. The van der Waals surface area contributed by atoms with E-state index in [4.69, 9.17) is 5.11 Å². The predicted molar refractivity (Wildman–Crippen MR) is 138 cm³/mol. The average Bonchev–Trinajstić information content (AvgIpc) is 3.14. The number of aliphatic carboxylic acids is 1. The number of Topliss-reactive ketones (excluding diaryl/α,β-unsaturated/α-hetero) is 1. The summed E-state index contributed by atoms with van der Waals surface area (Å²) in [6.45, 7) is 10.3. The molecule has 0 bridgehead atoms. The van der Waals surface area contributed by atoms with E-state index in [1.807, 2.05) is 32.2 Å². The molecule has 1 aromatic rings. The van der Waals surface area contributed by atoms with Gasteiger partial charge in [0.15, 0.2) is 0 Å². The van der Waals surface area contributed by atoms with Crippen LogP contribution in [0.3, 0.4) is 0 Å². The number of nitrogens with zero attached hydrogens (tertiary/aromatic N) is 1. The highest BCUT2D eigenvalue weighted by molar-refractivity contribution is 7.09. The summed E-state index contributed by atoms with van der Waals surface area (Å²) < 4.78 is 40.5. The Labute approximate surface area is 215 Å². The number of aliphatic hydroxyl groups is 1. The van der Waals surface area contributed by atoms with Gasteiger partial charge in [-0.05, 0) is 51.5 Å². The smallest absolute Gasteiger partial charge is 0.412 e. The molecule has 36 heavy (non-hydrogen) atoms. The molecule has 3 atom stereocenters. The molecule has 0 radical (unpaired) electrons. The highest BCUT2D eigenvalue weighted by atomic mass is 32.1. The van der Waals surface area contributed by atoms with E-state index in [9.17, 15) is 27.9 Å². The van der Waals surface area contributed by atoms with Crippen molar-refractivity contribution in [3.63, 3.8) is 0 Å². The van der Waals surface area contributed by atoms with Crippen LogP contribution >= 0.6 is 11.3 Å². The number of hydrogen-bond acceptors (Lipinski definition) is 5. The van der Waals surface area contributed by atoms with Crippen LogP contribution in [0.25, 0.3) is 6.08 Å². The molecule has 1 aromatic heterocycles. The minimum Gasteiger partial charge on any atom is -0.481 e. The van der Waals surface area contributed by atoms with Crippen molar-refractivity contribution < 1.29 is 33.0 Å². The van der Waals surface area contributed by atoms with Gasteiger partial charge in [0.25, 0.3) is 0 Å². The Bertz CT molecular complexity index is 976. The number of aliphatic hydroxyl groups excluding tert-OH is 1. The summed E-state index contributed by atoms with van der Waals surface area (Å²) in [6, 6.07) is 0. The third-order valence-corrected chi connectivity index (χ3v) is 6.93. The Morgan fingerprint density at radius 1 is 1.22 bits per heavy atom. The summed E-state index contributed by atoms with van der Waals surface area (Å²) in [4.78, 5) is 28.0. The van der Waals surface area contributed by atoms with Crippen LogP contribution in [0.4, 0.5) is 13.2 Å². The maximum atomic E-state index is 13.5. The van der Waals surface area contributed by atoms with Crippen LogP contribution in [0, 0.1) is 24.2 Å². The van der Waals surface area contributed by atoms with Crippen molar-refractivity contribution in [2.75, 3.05) is 0 Å². The van der Waals surface area contributed by atoms with Gasteiger partial charge in [0, 0.05) is 16.9 Å². The van der Waals surface area contributed by atoms with Crippen LogP contribution in [0.5, 0.6) is 0 Å². The molecule has 3 unspecified atom stereocenters. The largest absolute Gasteiger partial charge is 0.481 e. The lowest BCUT2D eigenvalue weighted by Gasteiger charge is -2.31.